The molecular weight excluding hydrogens is 457 g/mol. The zero-order valence-electron chi connectivity index (χ0n) is 17.6. The van der Waals surface area contributed by atoms with Crippen LogP contribution < -0.4 is 10.2 Å². The van der Waals surface area contributed by atoms with Crippen LogP contribution in [0.15, 0.2) is 42.6 Å². The largest absolute Gasteiger partial charge is 0.324 e. The highest BCUT2D eigenvalue weighted by Gasteiger charge is 2.36. The number of benzene rings is 1. The van der Waals surface area contributed by atoms with Gasteiger partial charge in [0.1, 0.15) is 18.1 Å². The summed E-state index contributed by atoms with van der Waals surface area (Å²) in [4.78, 5) is 35.6. The van der Waals surface area contributed by atoms with Gasteiger partial charge in [0.05, 0.1) is 22.3 Å². The molecule has 0 bridgehead atoms. The summed E-state index contributed by atoms with van der Waals surface area (Å²) in [6.07, 6.45) is -1.44. The summed E-state index contributed by atoms with van der Waals surface area (Å²) in [6, 6.07) is 8.42. The van der Waals surface area contributed by atoms with Crippen molar-refractivity contribution in [3.8, 4) is 11.1 Å². The summed E-state index contributed by atoms with van der Waals surface area (Å²) in [6.45, 7) is 2.65. The first kappa shape index (κ1) is 22.7. The van der Waals surface area contributed by atoms with Crippen LogP contribution in [0.5, 0.6) is 0 Å². The Kier molecular flexibility index (Phi) is 6.07. The van der Waals surface area contributed by atoms with Crippen LogP contribution in [0.1, 0.15) is 36.3 Å². The number of alkyl halides is 2. The van der Waals surface area contributed by atoms with E-state index in [4.69, 9.17) is 11.6 Å². The number of fused-ring (bicyclic) bond motifs is 3. The lowest BCUT2D eigenvalue weighted by Crippen LogP contribution is -2.40. The Morgan fingerprint density at radius 3 is 2.73 bits per heavy atom. The highest BCUT2D eigenvalue weighted by Crippen LogP contribution is 2.44. The summed E-state index contributed by atoms with van der Waals surface area (Å²) < 4.78 is 41.7. The smallest absolute Gasteiger partial charge is 0.281 e. The van der Waals surface area contributed by atoms with Gasteiger partial charge in [0.15, 0.2) is 0 Å². The third kappa shape index (κ3) is 4.28. The second kappa shape index (κ2) is 8.82. The Hall–Kier alpha value is -3.46. The fraction of sp³-hybridized carbons (Fsp3) is 0.217. The molecule has 1 aliphatic heterocycles. The van der Waals surface area contributed by atoms with Gasteiger partial charge in [-0.3, -0.25) is 19.6 Å². The Bertz CT molecular complexity index is 1270. The van der Waals surface area contributed by atoms with Crippen molar-refractivity contribution in [3.05, 3.63) is 70.5 Å². The maximum absolute atomic E-state index is 14.0. The molecule has 2 amide bonds. The molecule has 0 saturated heterocycles. The number of hydrogen-bond donors (Lipinski definition) is 1. The third-order valence-electron chi connectivity index (χ3n) is 5.31. The van der Waals surface area contributed by atoms with E-state index in [1.54, 1.807) is 19.1 Å². The van der Waals surface area contributed by atoms with Gasteiger partial charge < -0.3 is 10.2 Å². The second-order valence-corrected chi connectivity index (χ2v) is 8.01. The summed E-state index contributed by atoms with van der Waals surface area (Å²) in [5.41, 5.74) is 0.785. The average Bonchev–Trinajstić information content (AvgIpc) is 2.85. The maximum atomic E-state index is 14.0. The molecule has 0 radical (unpaired) electrons. The molecule has 33 heavy (non-hydrogen) atoms. The van der Waals surface area contributed by atoms with Crippen molar-refractivity contribution >= 4 is 34.8 Å². The van der Waals surface area contributed by atoms with Gasteiger partial charge in [0.2, 0.25) is 11.8 Å². The van der Waals surface area contributed by atoms with Gasteiger partial charge in [-0.15, -0.1) is 0 Å². The van der Waals surface area contributed by atoms with E-state index in [0.717, 1.165) is 11.0 Å². The van der Waals surface area contributed by atoms with E-state index in [1.165, 1.54) is 31.3 Å². The SMILES string of the molecule is Cc1cc2c(c(C(F)F)n1)-c1cccnc1C(C)C(=O)N2CC(=O)Nc1ccc(Cl)c(F)c1. The maximum Gasteiger partial charge on any atom is 0.281 e. The minimum absolute atomic E-state index is 0.0572. The molecule has 1 N–H and O–H groups in total. The van der Waals surface area contributed by atoms with Gasteiger partial charge >= 0.3 is 0 Å². The molecule has 1 aromatic carbocycles. The van der Waals surface area contributed by atoms with E-state index in [2.05, 4.69) is 15.3 Å². The van der Waals surface area contributed by atoms with Crippen LogP contribution in [-0.2, 0) is 9.59 Å². The standard InChI is InChI=1S/C23H18ClF3N4O2/c1-11-8-17-19(21(29-11)22(26)27)14-4-3-7-28-20(14)12(2)23(33)31(17)10-18(32)30-13-5-6-15(24)16(25)9-13/h3-9,12,22H,10H2,1-2H3,(H,30,32). The number of rotatable bonds is 4. The Morgan fingerprint density at radius 1 is 1.27 bits per heavy atom. The van der Waals surface area contributed by atoms with Crippen molar-refractivity contribution in [2.45, 2.75) is 26.2 Å². The molecule has 3 heterocycles. The molecule has 2 aromatic heterocycles. The average molecular weight is 475 g/mol. The van der Waals surface area contributed by atoms with Gasteiger partial charge in [-0.05, 0) is 44.2 Å². The molecule has 3 aromatic rings. The monoisotopic (exact) mass is 474 g/mol. The number of carbonyl (C=O) groups excluding carboxylic acids is 2. The van der Waals surface area contributed by atoms with E-state index >= 15 is 0 Å². The number of nitrogens with one attached hydrogen (secondary N) is 1. The summed E-state index contributed by atoms with van der Waals surface area (Å²) in [5.74, 6) is -2.66. The fourth-order valence-corrected chi connectivity index (χ4v) is 3.97. The number of anilines is 2. The molecule has 10 heteroatoms. The normalized spacial score (nSPS) is 15.2. The van der Waals surface area contributed by atoms with Crippen LogP contribution in [-0.4, -0.2) is 28.3 Å². The highest BCUT2D eigenvalue weighted by atomic mass is 35.5. The van der Waals surface area contributed by atoms with Crippen LogP contribution in [0.25, 0.3) is 11.1 Å². The number of nitrogens with zero attached hydrogens (tertiary/aromatic N) is 3. The van der Waals surface area contributed by atoms with Gasteiger partial charge in [-0.25, -0.2) is 13.2 Å². The topological polar surface area (TPSA) is 75.2 Å². The van der Waals surface area contributed by atoms with Crippen LogP contribution in [0.4, 0.5) is 24.5 Å². The van der Waals surface area contributed by atoms with Crippen LogP contribution in [0, 0.1) is 12.7 Å². The summed E-state index contributed by atoms with van der Waals surface area (Å²) in [5, 5.41) is 2.40. The van der Waals surface area contributed by atoms with E-state index < -0.39 is 42.2 Å². The molecule has 1 unspecified atom stereocenters. The summed E-state index contributed by atoms with van der Waals surface area (Å²) >= 11 is 5.67. The Balaban J connectivity index is 1.80. The second-order valence-electron chi connectivity index (χ2n) is 7.60. The molecule has 1 atom stereocenters. The van der Waals surface area contributed by atoms with E-state index in [0.29, 0.717) is 11.3 Å². The number of pyridine rings is 2. The number of amides is 2. The van der Waals surface area contributed by atoms with E-state index in [9.17, 15) is 22.8 Å². The lowest BCUT2D eigenvalue weighted by Gasteiger charge is -2.25. The number of aryl methyl sites for hydroxylation is 1. The van der Waals surface area contributed by atoms with Crippen molar-refractivity contribution in [3.63, 3.8) is 0 Å². The third-order valence-corrected chi connectivity index (χ3v) is 5.62. The fourth-order valence-electron chi connectivity index (χ4n) is 3.85. The van der Waals surface area contributed by atoms with Gasteiger partial charge in [-0.2, -0.15) is 0 Å². The molecule has 1 aliphatic rings. The lowest BCUT2D eigenvalue weighted by molar-refractivity contribution is -0.122. The highest BCUT2D eigenvalue weighted by molar-refractivity contribution is 6.30. The molecule has 0 saturated carbocycles. The zero-order chi connectivity index (χ0) is 23.9. The minimum atomic E-state index is -2.91. The van der Waals surface area contributed by atoms with Crippen molar-refractivity contribution in [2.24, 2.45) is 0 Å². The molecule has 0 fully saturated rings. The molecule has 0 spiro atoms. The van der Waals surface area contributed by atoms with Crippen LogP contribution >= 0.6 is 11.6 Å². The van der Waals surface area contributed by atoms with E-state index in [-0.39, 0.29) is 27.7 Å². The lowest BCUT2D eigenvalue weighted by atomic mass is 9.96. The number of hydrogen-bond acceptors (Lipinski definition) is 4. The molecular formula is C23H18ClF3N4O2. The molecule has 0 aliphatic carbocycles. The predicted molar refractivity (Wildman–Crippen MR) is 118 cm³/mol. The Labute approximate surface area is 192 Å². The number of aromatic nitrogens is 2. The number of carbonyl (C=O) groups is 2. The van der Waals surface area contributed by atoms with E-state index in [1.807, 2.05) is 0 Å². The van der Waals surface area contributed by atoms with Gasteiger partial charge in [0.25, 0.3) is 6.43 Å². The first-order valence-corrected chi connectivity index (χ1v) is 10.4. The Morgan fingerprint density at radius 2 is 2.03 bits per heavy atom. The van der Waals surface area contributed by atoms with Crippen molar-refractivity contribution in [2.75, 3.05) is 16.8 Å². The molecule has 170 valence electrons. The predicted octanol–water partition coefficient (Wildman–Crippen LogP) is 5.27. The van der Waals surface area contributed by atoms with Gasteiger partial charge in [0, 0.05) is 28.7 Å². The summed E-state index contributed by atoms with van der Waals surface area (Å²) in [7, 11) is 0. The molecule has 4 rings (SSSR count). The minimum Gasteiger partial charge on any atom is -0.324 e. The van der Waals surface area contributed by atoms with Crippen LogP contribution in [0.2, 0.25) is 5.02 Å². The first-order valence-electron chi connectivity index (χ1n) is 9.98. The van der Waals surface area contributed by atoms with Crippen molar-refractivity contribution in [1.29, 1.82) is 0 Å². The van der Waals surface area contributed by atoms with Crippen molar-refractivity contribution < 1.29 is 22.8 Å². The number of halogens is 4. The van der Waals surface area contributed by atoms with Crippen molar-refractivity contribution in [1.82, 2.24) is 9.97 Å². The van der Waals surface area contributed by atoms with Gasteiger partial charge in [-0.1, -0.05) is 17.7 Å². The first-order chi connectivity index (χ1) is 15.7. The molecule has 6 nitrogen and oxygen atoms in total. The zero-order valence-corrected chi connectivity index (χ0v) is 18.3. The van der Waals surface area contributed by atoms with Crippen LogP contribution in [0.3, 0.4) is 0 Å². The quantitative estimate of drug-likeness (QED) is 0.559.